The van der Waals surface area contributed by atoms with Gasteiger partial charge in [-0.05, 0) is 37.5 Å². The van der Waals surface area contributed by atoms with Gasteiger partial charge >= 0.3 is 0 Å². The van der Waals surface area contributed by atoms with Crippen LogP contribution in [-0.2, 0) is 21.4 Å². The number of carbonyl (C=O) groups is 1. The number of methoxy groups -OCH3 is 2. The van der Waals surface area contributed by atoms with E-state index < -0.39 is 10.0 Å². The molecule has 0 N–H and O–H groups in total. The molecule has 1 amide bonds. The molecule has 2 fully saturated rings. The number of piperidine rings is 1. The summed E-state index contributed by atoms with van der Waals surface area (Å²) in [6, 6.07) is 5.70. The Morgan fingerprint density at radius 2 is 1.91 bits per heavy atom. The Balaban J connectivity index is 1.41. The SMILES string of the molecule is COc1ccc(OC)c([C@H]2CCN(C(=O)Cn3cnc(S(=O)(=O)N4CCCCC4)c3)C2)c1. The largest absolute Gasteiger partial charge is 0.497 e. The molecule has 2 aliphatic heterocycles. The zero-order valence-electron chi connectivity index (χ0n) is 18.6. The quantitative estimate of drug-likeness (QED) is 0.626. The number of benzene rings is 1. The number of rotatable bonds is 7. The van der Waals surface area contributed by atoms with Crippen LogP contribution < -0.4 is 9.47 Å². The van der Waals surface area contributed by atoms with Crippen molar-refractivity contribution >= 4 is 15.9 Å². The summed E-state index contributed by atoms with van der Waals surface area (Å²) in [5.41, 5.74) is 1.03. The van der Waals surface area contributed by atoms with Gasteiger partial charge in [0.25, 0.3) is 10.0 Å². The van der Waals surface area contributed by atoms with Crippen molar-refractivity contribution in [2.45, 2.75) is 43.2 Å². The van der Waals surface area contributed by atoms with Crippen LogP contribution >= 0.6 is 0 Å². The molecule has 0 radical (unpaired) electrons. The van der Waals surface area contributed by atoms with E-state index in [2.05, 4.69) is 4.98 Å². The van der Waals surface area contributed by atoms with Gasteiger partial charge in [-0.2, -0.15) is 4.31 Å². The molecule has 0 aliphatic carbocycles. The number of ether oxygens (including phenoxy) is 2. The van der Waals surface area contributed by atoms with Crippen LogP contribution in [0.5, 0.6) is 11.5 Å². The fourth-order valence-corrected chi connectivity index (χ4v) is 5.90. The molecule has 2 aromatic rings. The normalized spacial score (nSPS) is 19.8. The van der Waals surface area contributed by atoms with Crippen LogP contribution in [0.2, 0.25) is 0 Å². The second kappa shape index (κ2) is 9.50. The van der Waals surface area contributed by atoms with Gasteiger partial charge in [0.05, 0.1) is 20.5 Å². The number of sulfonamides is 1. The minimum absolute atomic E-state index is 0.00705. The highest BCUT2D eigenvalue weighted by Gasteiger charge is 2.31. The van der Waals surface area contributed by atoms with Crippen LogP contribution in [0.4, 0.5) is 0 Å². The first-order chi connectivity index (χ1) is 15.4. The lowest BCUT2D eigenvalue weighted by atomic mass is 9.97. The number of aromatic nitrogens is 2. The molecule has 1 aromatic heterocycles. The Kier molecular flexibility index (Phi) is 6.71. The van der Waals surface area contributed by atoms with Gasteiger partial charge in [0, 0.05) is 43.9 Å². The van der Waals surface area contributed by atoms with E-state index in [0.717, 1.165) is 42.7 Å². The Morgan fingerprint density at radius 3 is 2.62 bits per heavy atom. The average Bonchev–Trinajstić information content (AvgIpc) is 3.49. The molecule has 2 aliphatic rings. The summed E-state index contributed by atoms with van der Waals surface area (Å²) >= 11 is 0. The molecule has 174 valence electrons. The monoisotopic (exact) mass is 462 g/mol. The van der Waals surface area contributed by atoms with E-state index in [9.17, 15) is 13.2 Å². The molecular formula is C22H30N4O5S. The second-order valence-corrected chi connectivity index (χ2v) is 10.2. The highest BCUT2D eigenvalue weighted by molar-refractivity contribution is 7.89. The molecular weight excluding hydrogens is 432 g/mol. The van der Waals surface area contributed by atoms with Gasteiger partial charge < -0.3 is 18.9 Å². The Morgan fingerprint density at radius 1 is 1.12 bits per heavy atom. The molecule has 2 saturated heterocycles. The minimum atomic E-state index is -3.60. The van der Waals surface area contributed by atoms with E-state index in [0.29, 0.717) is 26.2 Å². The summed E-state index contributed by atoms with van der Waals surface area (Å²) in [6.45, 7) is 2.33. The maximum absolute atomic E-state index is 12.9. The van der Waals surface area contributed by atoms with Crippen molar-refractivity contribution in [3.63, 3.8) is 0 Å². The van der Waals surface area contributed by atoms with Crippen LogP contribution in [0.25, 0.3) is 0 Å². The van der Waals surface area contributed by atoms with E-state index in [-0.39, 0.29) is 23.4 Å². The molecule has 0 unspecified atom stereocenters. The van der Waals surface area contributed by atoms with E-state index in [1.165, 1.54) is 16.8 Å². The Labute approximate surface area is 189 Å². The smallest absolute Gasteiger partial charge is 0.262 e. The predicted octanol–water partition coefficient (Wildman–Crippen LogP) is 2.09. The van der Waals surface area contributed by atoms with Crippen molar-refractivity contribution in [3.8, 4) is 11.5 Å². The zero-order chi connectivity index (χ0) is 22.7. The van der Waals surface area contributed by atoms with Crippen molar-refractivity contribution in [1.82, 2.24) is 18.8 Å². The van der Waals surface area contributed by atoms with E-state index in [1.54, 1.807) is 18.8 Å². The molecule has 1 aromatic carbocycles. The number of amides is 1. The Bertz CT molecular complexity index is 1060. The second-order valence-electron chi connectivity index (χ2n) is 8.28. The van der Waals surface area contributed by atoms with Crippen molar-refractivity contribution in [3.05, 3.63) is 36.3 Å². The van der Waals surface area contributed by atoms with E-state index >= 15 is 0 Å². The highest BCUT2D eigenvalue weighted by atomic mass is 32.2. The van der Waals surface area contributed by atoms with Crippen molar-refractivity contribution in [2.24, 2.45) is 0 Å². The fourth-order valence-electron chi connectivity index (χ4n) is 4.45. The van der Waals surface area contributed by atoms with Crippen LogP contribution in [-0.4, -0.2) is 73.5 Å². The number of hydrogen-bond donors (Lipinski definition) is 0. The minimum Gasteiger partial charge on any atom is -0.497 e. The van der Waals surface area contributed by atoms with Gasteiger partial charge in [0.1, 0.15) is 18.0 Å². The zero-order valence-corrected chi connectivity index (χ0v) is 19.4. The van der Waals surface area contributed by atoms with Crippen LogP contribution in [0.15, 0.2) is 35.7 Å². The molecule has 32 heavy (non-hydrogen) atoms. The summed E-state index contributed by atoms with van der Waals surface area (Å²) in [6.07, 6.45) is 6.49. The lowest BCUT2D eigenvalue weighted by Crippen LogP contribution is -2.35. The van der Waals surface area contributed by atoms with E-state index in [1.807, 2.05) is 23.1 Å². The summed E-state index contributed by atoms with van der Waals surface area (Å²) < 4.78 is 39.5. The lowest BCUT2D eigenvalue weighted by Gasteiger charge is -2.24. The maximum Gasteiger partial charge on any atom is 0.262 e. The maximum atomic E-state index is 12.9. The molecule has 10 heteroatoms. The third-order valence-electron chi connectivity index (χ3n) is 6.26. The first-order valence-electron chi connectivity index (χ1n) is 10.9. The van der Waals surface area contributed by atoms with Crippen molar-refractivity contribution in [2.75, 3.05) is 40.4 Å². The summed E-state index contributed by atoms with van der Waals surface area (Å²) in [4.78, 5) is 18.8. The molecule has 9 nitrogen and oxygen atoms in total. The lowest BCUT2D eigenvalue weighted by molar-refractivity contribution is -0.130. The van der Waals surface area contributed by atoms with Gasteiger partial charge in [-0.3, -0.25) is 4.79 Å². The van der Waals surface area contributed by atoms with Crippen LogP contribution in [0, 0.1) is 0 Å². The standard InChI is InChI=1S/C22H30N4O5S/c1-30-18-6-7-20(31-2)19(12-18)17-8-11-25(13-17)22(27)15-24-14-21(23-16-24)32(28,29)26-9-4-3-5-10-26/h6-7,12,14,16-17H,3-5,8-11,13,15H2,1-2H3/t17-/m0/s1. The number of nitrogens with zero attached hydrogens (tertiary/aromatic N) is 4. The van der Waals surface area contributed by atoms with Crippen molar-refractivity contribution < 1.29 is 22.7 Å². The molecule has 4 rings (SSSR count). The summed E-state index contributed by atoms with van der Waals surface area (Å²) in [5.74, 6) is 1.63. The number of hydrogen-bond acceptors (Lipinski definition) is 6. The van der Waals surface area contributed by atoms with Gasteiger partial charge in [-0.25, -0.2) is 13.4 Å². The van der Waals surface area contributed by atoms with Gasteiger partial charge in [0.2, 0.25) is 5.91 Å². The molecule has 0 bridgehead atoms. The molecule has 1 atom stereocenters. The first-order valence-corrected chi connectivity index (χ1v) is 12.4. The third-order valence-corrected chi connectivity index (χ3v) is 8.05. The number of likely N-dealkylation sites (tertiary alicyclic amines) is 1. The van der Waals surface area contributed by atoms with Crippen LogP contribution in [0.3, 0.4) is 0 Å². The summed E-state index contributed by atoms with van der Waals surface area (Å²) in [7, 11) is -0.342. The number of carbonyl (C=O) groups excluding carboxylic acids is 1. The summed E-state index contributed by atoms with van der Waals surface area (Å²) in [5, 5.41) is 0.00705. The topological polar surface area (TPSA) is 94.0 Å². The van der Waals surface area contributed by atoms with Gasteiger partial charge in [-0.1, -0.05) is 6.42 Å². The Hall–Kier alpha value is -2.59. The fraction of sp³-hybridized carbons (Fsp3) is 0.545. The molecule has 0 saturated carbocycles. The predicted molar refractivity (Wildman–Crippen MR) is 118 cm³/mol. The van der Waals surface area contributed by atoms with Gasteiger partial charge in [-0.15, -0.1) is 0 Å². The van der Waals surface area contributed by atoms with Gasteiger partial charge in [0.15, 0.2) is 5.03 Å². The van der Waals surface area contributed by atoms with Crippen LogP contribution in [0.1, 0.15) is 37.2 Å². The molecule has 0 spiro atoms. The number of imidazole rings is 1. The third kappa shape index (κ3) is 4.61. The van der Waals surface area contributed by atoms with E-state index in [4.69, 9.17) is 9.47 Å². The first kappa shape index (κ1) is 22.6. The average molecular weight is 463 g/mol. The molecule has 3 heterocycles. The highest BCUT2D eigenvalue weighted by Crippen LogP contribution is 2.36. The van der Waals surface area contributed by atoms with Crippen molar-refractivity contribution in [1.29, 1.82) is 0 Å².